The van der Waals surface area contributed by atoms with Crippen molar-refractivity contribution in [3.8, 4) is 5.69 Å². The topological polar surface area (TPSA) is 38.0 Å². The summed E-state index contributed by atoms with van der Waals surface area (Å²) in [6.45, 7) is 1.97. The van der Waals surface area contributed by atoms with Gasteiger partial charge in [-0.15, -0.1) is 0 Å². The average Bonchev–Trinajstić information content (AvgIpc) is 3.05. The summed E-state index contributed by atoms with van der Waals surface area (Å²) in [6, 6.07) is 4.93. The molecule has 0 spiro atoms. The maximum absolute atomic E-state index is 12.7. The third-order valence-electron chi connectivity index (χ3n) is 5.03. The molecule has 1 N–H and O–H groups in total. The molecule has 1 aromatic carbocycles. The molecule has 136 valence electrons. The van der Waals surface area contributed by atoms with Crippen LogP contribution >= 0.6 is 0 Å². The number of halogens is 3. The average molecular weight is 352 g/mol. The Morgan fingerprint density at radius 1 is 1.16 bits per heavy atom. The van der Waals surface area contributed by atoms with E-state index in [1.165, 1.54) is 18.6 Å². The van der Waals surface area contributed by atoms with E-state index in [-0.39, 0.29) is 5.92 Å². The van der Waals surface area contributed by atoms with Gasteiger partial charge in [0.05, 0.1) is 23.0 Å². The predicted molar refractivity (Wildman–Crippen MR) is 89.5 cm³/mol. The molecule has 1 unspecified atom stereocenters. The van der Waals surface area contributed by atoms with Gasteiger partial charge in [0.15, 0.2) is 0 Å². The molecule has 1 aromatic heterocycles. The summed E-state index contributed by atoms with van der Waals surface area (Å²) in [5, 5.41) is 15.2. The minimum Gasteiger partial charge on any atom is -0.388 e. The standard InChI is InChI=1S/C19H23F3N2O/c1-2-17-16(18(25)13-6-4-3-5-7-13)12-24(23-17)15-10-8-14(9-11-15)19(20,21)22/h8-13,18,25H,2-7H2,1H3. The zero-order valence-electron chi connectivity index (χ0n) is 14.3. The van der Waals surface area contributed by atoms with E-state index in [9.17, 15) is 18.3 Å². The fourth-order valence-electron chi connectivity index (χ4n) is 3.58. The molecule has 1 aliphatic carbocycles. The van der Waals surface area contributed by atoms with E-state index in [4.69, 9.17) is 0 Å². The first-order chi connectivity index (χ1) is 11.9. The first-order valence-corrected chi connectivity index (χ1v) is 8.84. The van der Waals surface area contributed by atoms with Crippen LogP contribution in [0.25, 0.3) is 5.69 Å². The molecule has 6 heteroatoms. The number of aromatic nitrogens is 2. The Bertz CT molecular complexity index is 700. The zero-order valence-corrected chi connectivity index (χ0v) is 14.3. The van der Waals surface area contributed by atoms with E-state index < -0.39 is 17.8 Å². The van der Waals surface area contributed by atoms with E-state index >= 15 is 0 Å². The molecule has 3 nitrogen and oxygen atoms in total. The summed E-state index contributed by atoms with van der Waals surface area (Å²) in [6.07, 6.45) is 3.04. The number of benzene rings is 1. The number of aryl methyl sites for hydroxylation is 1. The van der Waals surface area contributed by atoms with E-state index in [0.717, 1.165) is 49.1 Å². The fourth-order valence-corrected chi connectivity index (χ4v) is 3.58. The van der Waals surface area contributed by atoms with Gasteiger partial charge < -0.3 is 5.11 Å². The molecule has 2 aromatic rings. The molecule has 3 rings (SSSR count). The summed E-state index contributed by atoms with van der Waals surface area (Å²) in [4.78, 5) is 0. The Morgan fingerprint density at radius 2 is 1.80 bits per heavy atom. The van der Waals surface area contributed by atoms with Gasteiger partial charge in [0.2, 0.25) is 0 Å². The van der Waals surface area contributed by atoms with Crippen molar-refractivity contribution in [1.29, 1.82) is 0 Å². The minimum absolute atomic E-state index is 0.240. The molecular weight excluding hydrogens is 329 g/mol. The van der Waals surface area contributed by atoms with Crippen molar-refractivity contribution in [3.63, 3.8) is 0 Å². The number of aliphatic hydroxyl groups excluding tert-OH is 1. The largest absolute Gasteiger partial charge is 0.416 e. The molecule has 0 radical (unpaired) electrons. The summed E-state index contributed by atoms with van der Waals surface area (Å²) in [5.74, 6) is 0.240. The Kier molecular flexibility index (Phi) is 5.18. The van der Waals surface area contributed by atoms with Crippen LogP contribution in [-0.4, -0.2) is 14.9 Å². The first-order valence-electron chi connectivity index (χ1n) is 8.84. The quantitative estimate of drug-likeness (QED) is 0.834. The molecule has 1 aliphatic rings. The second-order valence-electron chi connectivity index (χ2n) is 6.72. The molecule has 0 amide bonds. The summed E-state index contributed by atoms with van der Waals surface area (Å²) >= 11 is 0. The van der Waals surface area contributed by atoms with Crippen molar-refractivity contribution < 1.29 is 18.3 Å². The van der Waals surface area contributed by atoms with Gasteiger partial charge in [0, 0.05) is 11.8 Å². The smallest absolute Gasteiger partial charge is 0.388 e. The molecule has 0 saturated heterocycles. The van der Waals surface area contributed by atoms with Crippen LogP contribution in [0.4, 0.5) is 13.2 Å². The molecule has 0 bridgehead atoms. The van der Waals surface area contributed by atoms with E-state index in [1.807, 2.05) is 6.92 Å². The minimum atomic E-state index is -4.35. The highest BCUT2D eigenvalue weighted by molar-refractivity contribution is 5.37. The first kappa shape index (κ1) is 18.0. The number of aliphatic hydroxyl groups is 1. The number of hydrogen-bond donors (Lipinski definition) is 1. The summed E-state index contributed by atoms with van der Waals surface area (Å²) in [7, 11) is 0. The number of nitrogens with zero attached hydrogens (tertiary/aromatic N) is 2. The van der Waals surface area contributed by atoms with Crippen LogP contribution in [0.15, 0.2) is 30.5 Å². The van der Waals surface area contributed by atoms with Gasteiger partial charge in [-0.25, -0.2) is 4.68 Å². The van der Waals surface area contributed by atoms with Crippen molar-refractivity contribution in [2.75, 3.05) is 0 Å². The van der Waals surface area contributed by atoms with Crippen LogP contribution in [-0.2, 0) is 12.6 Å². The van der Waals surface area contributed by atoms with Gasteiger partial charge >= 0.3 is 6.18 Å². The Hall–Kier alpha value is -1.82. The maximum atomic E-state index is 12.7. The molecule has 1 atom stereocenters. The number of alkyl halides is 3. The van der Waals surface area contributed by atoms with Crippen molar-refractivity contribution in [3.05, 3.63) is 47.3 Å². The fraction of sp³-hybridized carbons (Fsp3) is 0.526. The lowest BCUT2D eigenvalue weighted by Crippen LogP contribution is -2.16. The Balaban J connectivity index is 1.87. The van der Waals surface area contributed by atoms with Crippen LogP contribution in [0.2, 0.25) is 0 Å². The molecule has 25 heavy (non-hydrogen) atoms. The summed E-state index contributed by atoms with van der Waals surface area (Å²) in [5.41, 5.74) is 1.48. The molecular formula is C19H23F3N2O. The highest BCUT2D eigenvalue weighted by atomic mass is 19.4. The Morgan fingerprint density at radius 3 is 2.36 bits per heavy atom. The SMILES string of the molecule is CCc1nn(-c2ccc(C(F)(F)F)cc2)cc1C(O)C1CCCCC1. The highest BCUT2D eigenvalue weighted by Gasteiger charge is 2.30. The summed E-state index contributed by atoms with van der Waals surface area (Å²) < 4.78 is 39.7. The highest BCUT2D eigenvalue weighted by Crippen LogP contribution is 2.36. The lowest BCUT2D eigenvalue weighted by molar-refractivity contribution is -0.137. The van der Waals surface area contributed by atoms with E-state index in [1.54, 1.807) is 10.9 Å². The van der Waals surface area contributed by atoms with Crippen molar-refractivity contribution in [1.82, 2.24) is 9.78 Å². The van der Waals surface area contributed by atoms with Crippen molar-refractivity contribution >= 4 is 0 Å². The lowest BCUT2D eigenvalue weighted by Gasteiger charge is -2.26. The van der Waals surface area contributed by atoms with Gasteiger partial charge in [0.25, 0.3) is 0 Å². The molecule has 1 saturated carbocycles. The van der Waals surface area contributed by atoms with Crippen LogP contribution in [0.1, 0.15) is 62.0 Å². The van der Waals surface area contributed by atoms with E-state index in [0.29, 0.717) is 12.1 Å². The van der Waals surface area contributed by atoms with Crippen LogP contribution < -0.4 is 0 Å². The maximum Gasteiger partial charge on any atom is 0.416 e. The van der Waals surface area contributed by atoms with Gasteiger partial charge in [-0.05, 0) is 49.4 Å². The van der Waals surface area contributed by atoms with E-state index in [2.05, 4.69) is 5.10 Å². The van der Waals surface area contributed by atoms with Crippen LogP contribution in [0.3, 0.4) is 0 Å². The number of hydrogen-bond acceptors (Lipinski definition) is 2. The van der Waals surface area contributed by atoms with Crippen molar-refractivity contribution in [2.45, 2.75) is 57.7 Å². The monoisotopic (exact) mass is 352 g/mol. The number of rotatable bonds is 4. The van der Waals surface area contributed by atoms with Gasteiger partial charge in [0.1, 0.15) is 0 Å². The third kappa shape index (κ3) is 3.89. The molecule has 0 aliphatic heterocycles. The second kappa shape index (κ2) is 7.20. The van der Waals surface area contributed by atoms with Gasteiger partial charge in [-0.3, -0.25) is 0 Å². The van der Waals surface area contributed by atoms with Gasteiger partial charge in [-0.1, -0.05) is 26.2 Å². The second-order valence-corrected chi connectivity index (χ2v) is 6.72. The zero-order chi connectivity index (χ0) is 18.0. The van der Waals surface area contributed by atoms with Crippen LogP contribution in [0.5, 0.6) is 0 Å². The third-order valence-corrected chi connectivity index (χ3v) is 5.03. The van der Waals surface area contributed by atoms with Crippen LogP contribution in [0, 0.1) is 5.92 Å². The van der Waals surface area contributed by atoms with Crippen molar-refractivity contribution in [2.24, 2.45) is 5.92 Å². The molecule has 1 heterocycles. The normalized spacial score (nSPS) is 17.6. The Labute approximate surface area is 145 Å². The molecule has 1 fully saturated rings. The van der Waals surface area contributed by atoms with Gasteiger partial charge in [-0.2, -0.15) is 18.3 Å². The predicted octanol–water partition coefficient (Wildman–Crippen LogP) is 5.07. The lowest BCUT2D eigenvalue weighted by atomic mass is 9.82.